The fourth-order valence-corrected chi connectivity index (χ4v) is 4.19. The summed E-state index contributed by atoms with van der Waals surface area (Å²) in [7, 11) is -3.61. The molecule has 1 N–H and O–H groups in total. The summed E-state index contributed by atoms with van der Waals surface area (Å²) in [5.74, 6) is 0.326. The van der Waals surface area contributed by atoms with E-state index in [2.05, 4.69) is 26.1 Å². The lowest BCUT2D eigenvalue weighted by molar-refractivity contribution is -0.119. The molecule has 0 radical (unpaired) electrons. The van der Waals surface area contributed by atoms with Gasteiger partial charge in [-0.05, 0) is 46.0 Å². The van der Waals surface area contributed by atoms with Crippen LogP contribution in [0.5, 0.6) is 5.75 Å². The van der Waals surface area contributed by atoms with Crippen LogP contribution in [0.2, 0.25) is 0 Å². The predicted molar refractivity (Wildman–Crippen MR) is 130 cm³/mol. The Bertz CT molecular complexity index is 1180. The number of hydrogen-bond donors (Lipinski definition) is 1. The van der Waals surface area contributed by atoms with Gasteiger partial charge in [0.25, 0.3) is 0 Å². The number of fused-ring (bicyclic) bond motifs is 1. The third-order valence-corrected chi connectivity index (χ3v) is 6.26. The molecule has 0 heterocycles. The van der Waals surface area contributed by atoms with Crippen LogP contribution in [-0.4, -0.2) is 40.3 Å². The van der Waals surface area contributed by atoms with Gasteiger partial charge in [0.2, 0.25) is 15.9 Å². The van der Waals surface area contributed by atoms with Crippen molar-refractivity contribution in [1.29, 1.82) is 0 Å². The molecule has 7 heteroatoms. The lowest BCUT2D eigenvalue weighted by atomic mass is 9.87. The van der Waals surface area contributed by atoms with Crippen LogP contribution in [0, 0.1) is 0 Å². The normalized spacial score (nSPS) is 11.9. The van der Waals surface area contributed by atoms with Crippen LogP contribution < -0.4 is 14.4 Å². The van der Waals surface area contributed by atoms with E-state index in [4.69, 9.17) is 4.74 Å². The molecule has 0 saturated carbocycles. The average molecular weight is 455 g/mol. The SMILES string of the molecule is CC(C)(C)c1ccc(N(CC(=O)NCCOc2ccc3ccccc3c2)S(C)(=O)=O)cc1. The van der Waals surface area contributed by atoms with E-state index in [-0.39, 0.29) is 25.1 Å². The predicted octanol–water partition coefficient (Wildman–Crippen LogP) is 4.10. The van der Waals surface area contributed by atoms with Crippen molar-refractivity contribution in [2.75, 3.05) is 30.3 Å². The Morgan fingerprint density at radius 3 is 2.25 bits per heavy atom. The van der Waals surface area contributed by atoms with Crippen LogP contribution in [0.3, 0.4) is 0 Å². The number of carbonyl (C=O) groups excluding carboxylic acids is 1. The summed E-state index contributed by atoms with van der Waals surface area (Å²) in [6.07, 6.45) is 1.10. The number of hydrogen-bond acceptors (Lipinski definition) is 4. The molecule has 0 atom stereocenters. The highest BCUT2D eigenvalue weighted by atomic mass is 32.2. The monoisotopic (exact) mass is 454 g/mol. The number of benzene rings is 3. The molecule has 0 saturated heterocycles. The van der Waals surface area contributed by atoms with Gasteiger partial charge in [-0.1, -0.05) is 63.2 Å². The average Bonchev–Trinajstić information content (AvgIpc) is 2.73. The second-order valence-corrected chi connectivity index (χ2v) is 10.7. The molecule has 0 aliphatic heterocycles. The maximum Gasteiger partial charge on any atom is 0.240 e. The molecule has 0 aromatic heterocycles. The van der Waals surface area contributed by atoms with Crippen molar-refractivity contribution in [1.82, 2.24) is 5.32 Å². The highest BCUT2D eigenvalue weighted by Gasteiger charge is 2.21. The fraction of sp³-hybridized carbons (Fsp3) is 0.320. The van der Waals surface area contributed by atoms with Crippen molar-refractivity contribution in [2.45, 2.75) is 26.2 Å². The number of carbonyl (C=O) groups is 1. The zero-order chi connectivity index (χ0) is 23.4. The summed E-state index contributed by atoms with van der Waals surface area (Å²) < 4.78 is 31.4. The van der Waals surface area contributed by atoms with Crippen molar-refractivity contribution in [2.24, 2.45) is 0 Å². The van der Waals surface area contributed by atoms with Gasteiger partial charge < -0.3 is 10.1 Å². The standard InChI is InChI=1S/C25H30N2O4S/c1-25(2,3)21-10-12-22(13-11-21)27(32(4,29)30)18-24(28)26-15-16-31-23-14-9-19-7-5-6-8-20(19)17-23/h5-14,17H,15-16,18H2,1-4H3,(H,26,28). The van der Waals surface area contributed by atoms with Crippen molar-refractivity contribution < 1.29 is 17.9 Å². The minimum Gasteiger partial charge on any atom is -0.492 e. The Hall–Kier alpha value is -3.06. The first kappa shape index (κ1) is 23.6. The van der Waals surface area contributed by atoms with E-state index >= 15 is 0 Å². The van der Waals surface area contributed by atoms with Crippen molar-refractivity contribution in [3.05, 3.63) is 72.3 Å². The second-order valence-electron chi connectivity index (χ2n) is 8.77. The lowest BCUT2D eigenvalue weighted by Crippen LogP contribution is -2.41. The van der Waals surface area contributed by atoms with Crippen LogP contribution in [0.4, 0.5) is 5.69 Å². The molecule has 0 unspecified atom stereocenters. The van der Waals surface area contributed by atoms with Crippen LogP contribution in [-0.2, 0) is 20.2 Å². The minimum absolute atomic E-state index is 0.0448. The zero-order valence-electron chi connectivity index (χ0n) is 19.0. The minimum atomic E-state index is -3.61. The summed E-state index contributed by atoms with van der Waals surface area (Å²) in [6.45, 7) is 6.52. The van der Waals surface area contributed by atoms with Gasteiger partial charge in [0.05, 0.1) is 18.5 Å². The summed E-state index contributed by atoms with van der Waals surface area (Å²) in [4.78, 5) is 12.4. The van der Waals surface area contributed by atoms with E-state index < -0.39 is 15.9 Å². The molecule has 0 fully saturated rings. The molecule has 0 bridgehead atoms. The van der Waals surface area contributed by atoms with Gasteiger partial charge in [-0.2, -0.15) is 0 Å². The molecule has 0 aliphatic carbocycles. The topological polar surface area (TPSA) is 75.7 Å². The van der Waals surface area contributed by atoms with Crippen LogP contribution in [0.15, 0.2) is 66.7 Å². The van der Waals surface area contributed by atoms with Crippen molar-refractivity contribution in [3.8, 4) is 5.75 Å². The van der Waals surface area contributed by atoms with Crippen molar-refractivity contribution >= 4 is 32.4 Å². The number of amides is 1. The summed E-state index contributed by atoms with van der Waals surface area (Å²) in [6, 6.07) is 21.1. The number of rotatable bonds is 8. The summed E-state index contributed by atoms with van der Waals surface area (Å²) in [5.41, 5.74) is 1.50. The van der Waals surface area contributed by atoms with Gasteiger partial charge in [-0.15, -0.1) is 0 Å². The Morgan fingerprint density at radius 1 is 0.969 bits per heavy atom. The number of sulfonamides is 1. The van der Waals surface area contributed by atoms with Gasteiger partial charge >= 0.3 is 0 Å². The number of anilines is 1. The molecule has 0 spiro atoms. The molecular formula is C25H30N2O4S. The first-order valence-electron chi connectivity index (χ1n) is 10.5. The van der Waals surface area contributed by atoms with E-state index in [0.717, 1.165) is 32.6 Å². The van der Waals surface area contributed by atoms with Crippen LogP contribution >= 0.6 is 0 Å². The Balaban J connectivity index is 1.56. The maximum absolute atomic E-state index is 12.4. The number of nitrogens with one attached hydrogen (secondary N) is 1. The molecule has 3 aromatic rings. The van der Waals surface area contributed by atoms with Gasteiger partial charge in [0.15, 0.2) is 0 Å². The lowest BCUT2D eigenvalue weighted by Gasteiger charge is -2.24. The highest BCUT2D eigenvalue weighted by Crippen LogP contribution is 2.26. The van der Waals surface area contributed by atoms with Gasteiger partial charge in [0.1, 0.15) is 18.9 Å². The second kappa shape index (κ2) is 9.61. The quantitative estimate of drug-likeness (QED) is 0.520. The Morgan fingerprint density at radius 2 is 1.62 bits per heavy atom. The number of ether oxygens (including phenoxy) is 1. The molecule has 1 amide bonds. The molecule has 6 nitrogen and oxygen atoms in total. The molecule has 32 heavy (non-hydrogen) atoms. The third kappa shape index (κ3) is 6.23. The summed E-state index contributed by atoms with van der Waals surface area (Å²) in [5, 5.41) is 4.94. The highest BCUT2D eigenvalue weighted by molar-refractivity contribution is 7.92. The van der Waals surface area contributed by atoms with E-state index in [1.165, 1.54) is 0 Å². The van der Waals surface area contributed by atoms with E-state index in [9.17, 15) is 13.2 Å². The molecule has 0 aliphatic rings. The first-order chi connectivity index (χ1) is 15.0. The zero-order valence-corrected chi connectivity index (χ0v) is 19.8. The largest absolute Gasteiger partial charge is 0.492 e. The summed E-state index contributed by atoms with van der Waals surface area (Å²) >= 11 is 0. The van der Waals surface area contributed by atoms with E-state index in [0.29, 0.717) is 5.69 Å². The van der Waals surface area contributed by atoms with Gasteiger partial charge in [-0.3, -0.25) is 9.10 Å². The van der Waals surface area contributed by atoms with E-state index in [1.807, 2.05) is 54.6 Å². The molecule has 3 rings (SSSR count). The van der Waals surface area contributed by atoms with Crippen LogP contribution in [0.25, 0.3) is 10.8 Å². The Labute approximate surface area is 190 Å². The number of nitrogens with zero attached hydrogens (tertiary/aromatic N) is 1. The Kier molecular flexibility index (Phi) is 7.09. The van der Waals surface area contributed by atoms with Gasteiger partial charge in [0, 0.05) is 0 Å². The van der Waals surface area contributed by atoms with Crippen LogP contribution in [0.1, 0.15) is 26.3 Å². The third-order valence-electron chi connectivity index (χ3n) is 5.12. The molecule has 3 aromatic carbocycles. The smallest absolute Gasteiger partial charge is 0.240 e. The maximum atomic E-state index is 12.4. The van der Waals surface area contributed by atoms with Gasteiger partial charge in [-0.25, -0.2) is 8.42 Å². The fourth-order valence-electron chi connectivity index (χ4n) is 3.33. The van der Waals surface area contributed by atoms with Crippen molar-refractivity contribution in [3.63, 3.8) is 0 Å². The first-order valence-corrected chi connectivity index (χ1v) is 12.4. The molecule has 170 valence electrons. The molecular weight excluding hydrogens is 424 g/mol. The van der Waals surface area contributed by atoms with E-state index in [1.54, 1.807) is 12.1 Å².